The number of rotatable bonds is 3. The molecule has 0 atom stereocenters. The Balaban J connectivity index is 1.92. The molecular weight excluding hydrogens is 336 g/mol. The fourth-order valence-corrected chi connectivity index (χ4v) is 3.50. The van der Waals surface area contributed by atoms with E-state index in [0.717, 1.165) is 22.4 Å². The van der Waals surface area contributed by atoms with Crippen LogP contribution < -0.4 is 0 Å². The molecule has 0 radical (unpaired) electrons. The lowest BCUT2D eigenvalue weighted by Crippen LogP contribution is -2.05. The fourth-order valence-electron chi connectivity index (χ4n) is 2.81. The van der Waals surface area contributed by atoms with Crippen LogP contribution in [0.4, 0.5) is 0 Å². The summed E-state index contributed by atoms with van der Waals surface area (Å²) in [6, 6.07) is 10.3. The standard InChI is InChI=1S/C16H16BrClN2/c17-14-15(12-8-4-5-9-12)19-13(20-16(14)18)10-11-6-2-1-3-7-11/h1-3,6-7,12H,4-5,8-10H2. The van der Waals surface area contributed by atoms with Crippen LogP contribution in [0.3, 0.4) is 0 Å². The molecule has 0 aliphatic heterocycles. The highest BCUT2D eigenvalue weighted by Gasteiger charge is 2.23. The van der Waals surface area contributed by atoms with Crippen molar-refractivity contribution in [3.8, 4) is 0 Å². The Kier molecular flexibility index (Phi) is 4.37. The van der Waals surface area contributed by atoms with E-state index in [1.807, 2.05) is 18.2 Å². The second-order valence-corrected chi connectivity index (χ2v) is 6.42. The number of aromatic nitrogens is 2. The Hall–Kier alpha value is -0.930. The summed E-state index contributed by atoms with van der Waals surface area (Å²) >= 11 is 9.82. The van der Waals surface area contributed by atoms with Gasteiger partial charge in [-0.1, -0.05) is 54.8 Å². The quantitative estimate of drug-likeness (QED) is 0.715. The van der Waals surface area contributed by atoms with E-state index in [9.17, 15) is 0 Å². The van der Waals surface area contributed by atoms with Crippen molar-refractivity contribution in [3.05, 3.63) is 57.0 Å². The zero-order valence-electron chi connectivity index (χ0n) is 11.1. The molecule has 1 aromatic heterocycles. The van der Waals surface area contributed by atoms with Gasteiger partial charge in [0.05, 0.1) is 10.2 Å². The molecule has 0 N–H and O–H groups in total. The van der Waals surface area contributed by atoms with E-state index in [1.165, 1.54) is 31.2 Å². The first-order valence-electron chi connectivity index (χ1n) is 7.00. The van der Waals surface area contributed by atoms with Gasteiger partial charge in [0.2, 0.25) is 0 Å². The third-order valence-electron chi connectivity index (χ3n) is 3.83. The van der Waals surface area contributed by atoms with Crippen LogP contribution in [0.2, 0.25) is 5.15 Å². The lowest BCUT2D eigenvalue weighted by molar-refractivity contribution is 0.681. The summed E-state index contributed by atoms with van der Waals surface area (Å²) in [5, 5.41) is 0.535. The second-order valence-electron chi connectivity index (χ2n) is 5.27. The van der Waals surface area contributed by atoms with Gasteiger partial charge in [0.1, 0.15) is 11.0 Å². The summed E-state index contributed by atoms with van der Waals surface area (Å²) in [6.45, 7) is 0. The zero-order valence-corrected chi connectivity index (χ0v) is 13.5. The molecule has 0 amide bonds. The van der Waals surface area contributed by atoms with Crippen molar-refractivity contribution in [1.29, 1.82) is 0 Å². The summed E-state index contributed by atoms with van der Waals surface area (Å²) in [7, 11) is 0. The van der Waals surface area contributed by atoms with E-state index >= 15 is 0 Å². The zero-order chi connectivity index (χ0) is 13.9. The van der Waals surface area contributed by atoms with Crippen LogP contribution in [0.15, 0.2) is 34.8 Å². The van der Waals surface area contributed by atoms with Gasteiger partial charge in [0, 0.05) is 12.3 Å². The summed E-state index contributed by atoms with van der Waals surface area (Å²) in [5.41, 5.74) is 2.30. The molecule has 1 aromatic carbocycles. The molecule has 1 aliphatic carbocycles. The minimum absolute atomic E-state index is 0.527. The Morgan fingerprint density at radius 2 is 1.80 bits per heavy atom. The normalized spacial score (nSPS) is 15.7. The summed E-state index contributed by atoms with van der Waals surface area (Å²) in [5.74, 6) is 1.34. The molecular formula is C16H16BrClN2. The minimum Gasteiger partial charge on any atom is -0.236 e. The third kappa shape index (κ3) is 3.04. The van der Waals surface area contributed by atoms with Gasteiger partial charge in [0.15, 0.2) is 0 Å². The van der Waals surface area contributed by atoms with E-state index < -0.39 is 0 Å². The molecule has 2 aromatic rings. The van der Waals surface area contributed by atoms with Gasteiger partial charge in [-0.3, -0.25) is 0 Å². The van der Waals surface area contributed by atoms with Crippen molar-refractivity contribution in [3.63, 3.8) is 0 Å². The van der Waals surface area contributed by atoms with E-state index in [0.29, 0.717) is 11.1 Å². The number of nitrogens with zero attached hydrogens (tertiary/aromatic N) is 2. The predicted molar refractivity (Wildman–Crippen MR) is 85.2 cm³/mol. The monoisotopic (exact) mass is 350 g/mol. The van der Waals surface area contributed by atoms with E-state index in [2.05, 4.69) is 33.0 Å². The van der Waals surface area contributed by atoms with Crippen LogP contribution >= 0.6 is 27.5 Å². The molecule has 0 bridgehead atoms. The van der Waals surface area contributed by atoms with Crippen LogP contribution in [-0.2, 0) is 6.42 Å². The van der Waals surface area contributed by atoms with E-state index in [1.54, 1.807) is 0 Å². The molecule has 20 heavy (non-hydrogen) atoms. The maximum atomic E-state index is 6.27. The molecule has 0 saturated heterocycles. The second kappa shape index (κ2) is 6.23. The molecule has 3 rings (SSSR count). The summed E-state index contributed by atoms with van der Waals surface area (Å²) in [4.78, 5) is 9.18. The van der Waals surface area contributed by atoms with Crippen LogP contribution in [-0.4, -0.2) is 9.97 Å². The van der Waals surface area contributed by atoms with Gasteiger partial charge < -0.3 is 0 Å². The van der Waals surface area contributed by atoms with E-state index in [-0.39, 0.29) is 0 Å². The van der Waals surface area contributed by atoms with Crippen molar-refractivity contribution >= 4 is 27.5 Å². The van der Waals surface area contributed by atoms with Gasteiger partial charge in [-0.05, 0) is 34.3 Å². The number of halogens is 2. The largest absolute Gasteiger partial charge is 0.236 e. The molecule has 1 saturated carbocycles. The average Bonchev–Trinajstić information content (AvgIpc) is 2.98. The van der Waals surface area contributed by atoms with Gasteiger partial charge >= 0.3 is 0 Å². The molecule has 1 heterocycles. The maximum Gasteiger partial charge on any atom is 0.147 e. The predicted octanol–water partition coefficient (Wildman–Crippen LogP) is 5.14. The molecule has 1 fully saturated rings. The Labute approximate surface area is 132 Å². The minimum atomic E-state index is 0.527. The molecule has 0 spiro atoms. The van der Waals surface area contributed by atoms with Crippen LogP contribution in [0.25, 0.3) is 0 Å². The summed E-state index contributed by atoms with van der Waals surface area (Å²) in [6.07, 6.45) is 5.71. The lowest BCUT2D eigenvalue weighted by Gasteiger charge is -2.13. The number of hydrogen-bond acceptors (Lipinski definition) is 2. The maximum absolute atomic E-state index is 6.27. The van der Waals surface area contributed by atoms with Gasteiger partial charge in [-0.2, -0.15) is 0 Å². The number of hydrogen-bond donors (Lipinski definition) is 0. The lowest BCUT2D eigenvalue weighted by atomic mass is 10.0. The molecule has 104 valence electrons. The van der Waals surface area contributed by atoms with Crippen LogP contribution in [0.5, 0.6) is 0 Å². The van der Waals surface area contributed by atoms with E-state index in [4.69, 9.17) is 16.6 Å². The average molecular weight is 352 g/mol. The highest BCUT2D eigenvalue weighted by Crippen LogP contribution is 2.38. The third-order valence-corrected chi connectivity index (χ3v) is 5.11. The van der Waals surface area contributed by atoms with Crippen LogP contribution in [0, 0.1) is 0 Å². The van der Waals surface area contributed by atoms with Gasteiger partial charge in [0.25, 0.3) is 0 Å². The van der Waals surface area contributed by atoms with Crippen molar-refractivity contribution in [2.75, 3.05) is 0 Å². The topological polar surface area (TPSA) is 25.8 Å². The van der Waals surface area contributed by atoms with Gasteiger partial charge in [-0.25, -0.2) is 9.97 Å². The molecule has 2 nitrogen and oxygen atoms in total. The Morgan fingerprint density at radius 1 is 1.10 bits per heavy atom. The first-order chi connectivity index (χ1) is 9.74. The van der Waals surface area contributed by atoms with Crippen molar-refractivity contribution in [2.45, 2.75) is 38.0 Å². The Bertz CT molecular complexity index is 595. The number of benzene rings is 1. The van der Waals surface area contributed by atoms with Crippen molar-refractivity contribution in [2.24, 2.45) is 0 Å². The van der Waals surface area contributed by atoms with Crippen LogP contribution in [0.1, 0.15) is 48.7 Å². The fraction of sp³-hybridized carbons (Fsp3) is 0.375. The van der Waals surface area contributed by atoms with Crippen molar-refractivity contribution < 1.29 is 0 Å². The summed E-state index contributed by atoms with van der Waals surface area (Å²) < 4.78 is 0.878. The molecule has 1 aliphatic rings. The highest BCUT2D eigenvalue weighted by atomic mass is 79.9. The SMILES string of the molecule is Clc1nc(Cc2ccccc2)nc(C2CCCC2)c1Br. The molecule has 0 unspecified atom stereocenters. The molecule has 4 heteroatoms. The van der Waals surface area contributed by atoms with Gasteiger partial charge in [-0.15, -0.1) is 0 Å². The first-order valence-corrected chi connectivity index (χ1v) is 8.17. The first kappa shape index (κ1) is 14.0. The smallest absolute Gasteiger partial charge is 0.147 e. The Morgan fingerprint density at radius 3 is 2.50 bits per heavy atom. The van der Waals surface area contributed by atoms with Crippen molar-refractivity contribution in [1.82, 2.24) is 9.97 Å². The highest BCUT2D eigenvalue weighted by molar-refractivity contribution is 9.10.